The average molecular weight is 331 g/mol. The fraction of sp³-hybridized carbons (Fsp3) is 0.526. The zero-order chi connectivity index (χ0) is 16.8. The summed E-state index contributed by atoms with van der Waals surface area (Å²) in [6, 6.07) is 9.70. The molecule has 0 aromatic heterocycles. The molecule has 2 aliphatic rings. The van der Waals surface area contributed by atoms with Gasteiger partial charge in [0.2, 0.25) is 5.91 Å². The van der Waals surface area contributed by atoms with Crippen LogP contribution in [0.1, 0.15) is 19.3 Å². The molecule has 1 amide bonds. The maximum absolute atomic E-state index is 12.6. The van der Waals surface area contributed by atoms with E-state index < -0.39 is 0 Å². The van der Waals surface area contributed by atoms with E-state index in [1.54, 1.807) is 6.08 Å². The maximum Gasteiger partial charge on any atom is 0.226 e. The topological polar surface area (TPSA) is 48.0 Å². The molecule has 1 heterocycles. The van der Waals surface area contributed by atoms with Gasteiger partial charge in [0.15, 0.2) is 0 Å². The third-order valence-corrected chi connectivity index (χ3v) is 4.61. The summed E-state index contributed by atoms with van der Waals surface area (Å²) < 4.78 is 17.3. The van der Waals surface area contributed by atoms with Crippen LogP contribution in [0.3, 0.4) is 0 Å². The second kappa shape index (κ2) is 8.31. The second-order valence-electron chi connectivity index (χ2n) is 6.14. The van der Waals surface area contributed by atoms with Crippen molar-refractivity contribution in [2.75, 3.05) is 26.4 Å². The van der Waals surface area contributed by atoms with Crippen LogP contribution in [0, 0.1) is 0 Å². The molecule has 0 bridgehead atoms. The van der Waals surface area contributed by atoms with E-state index in [0.717, 1.165) is 18.6 Å². The highest BCUT2D eigenvalue weighted by atomic mass is 16.5. The third kappa shape index (κ3) is 3.97. The maximum atomic E-state index is 12.6. The van der Waals surface area contributed by atoms with Crippen molar-refractivity contribution in [3.8, 4) is 5.75 Å². The summed E-state index contributed by atoms with van der Waals surface area (Å²) in [6.45, 7) is 5.83. The minimum absolute atomic E-state index is 0.0160. The number of amides is 1. The molecular formula is C19H25NO4. The highest BCUT2D eigenvalue weighted by Gasteiger charge is 2.44. The minimum atomic E-state index is -0.0160. The molecule has 1 aliphatic heterocycles. The SMILES string of the molecule is C=CCO[C@@H]1CC[C@@H]2[C@H]1OCCN2C(=O)CCOc1ccccc1. The molecule has 0 radical (unpaired) electrons. The molecule has 1 saturated heterocycles. The zero-order valence-corrected chi connectivity index (χ0v) is 13.9. The van der Waals surface area contributed by atoms with Gasteiger partial charge in [0.05, 0.1) is 38.4 Å². The van der Waals surface area contributed by atoms with Gasteiger partial charge >= 0.3 is 0 Å². The van der Waals surface area contributed by atoms with Gasteiger partial charge in [-0.3, -0.25) is 4.79 Å². The zero-order valence-electron chi connectivity index (χ0n) is 13.9. The lowest BCUT2D eigenvalue weighted by Crippen LogP contribution is -2.54. The lowest BCUT2D eigenvalue weighted by atomic mass is 10.1. The van der Waals surface area contributed by atoms with E-state index in [9.17, 15) is 4.79 Å². The van der Waals surface area contributed by atoms with E-state index in [1.807, 2.05) is 35.2 Å². The van der Waals surface area contributed by atoms with Crippen molar-refractivity contribution >= 4 is 5.91 Å². The highest BCUT2D eigenvalue weighted by Crippen LogP contribution is 2.32. The van der Waals surface area contributed by atoms with E-state index in [-0.39, 0.29) is 24.2 Å². The molecular weight excluding hydrogens is 306 g/mol. The van der Waals surface area contributed by atoms with Crippen molar-refractivity contribution in [2.24, 2.45) is 0 Å². The van der Waals surface area contributed by atoms with Gasteiger partial charge in [-0.2, -0.15) is 0 Å². The molecule has 24 heavy (non-hydrogen) atoms. The second-order valence-corrected chi connectivity index (χ2v) is 6.14. The first kappa shape index (κ1) is 17.0. The van der Waals surface area contributed by atoms with Crippen LogP contribution < -0.4 is 4.74 Å². The number of hydrogen-bond acceptors (Lipinski definition) is 4. The summed E-state index contributed by atoms with van der Waals surface area (Å²) in [6.07, 6.45) is 4.03. The fourth-order valence-corrected chi connectivity index (χ4v) is 3.51. The average Bonchev–Trinajstić information content (AvgIpc) is 3.04. The Hall–Kier alpha value is -1.85. The lowest BCUT2D eigenvalue weighted by Gasteiger charge is -2.39. The van der Waals surface area contributed by atoms with Gasteiger partial charge in [0.1, 0.15) is 11.9 Å². The van der Waals surface area contributed by atoms with E-state index in [4.69, 9.17) is 14.2 Å². The summed E-state index contributed by atoms with van der Waals surface area (Å²) in [5.41, 5.74) is 0. The van der Waals surface area contributed by atoms with Crippen molar-refractivity contribution in [3.63, 3.8) is 0 Å². The Bertz CT molecular complexity index is 548. The standard InChI is InChI=1S/C19H25NO4/c1-2-12-23-17-9-8-16-19(17)24-14-11-20(16)18(21)10-13-22-15-6-4-3-5-7-15/h2-7,16-17,19H,1,8-14H2/t16-,17-,19-/m1/s1. The number of carbonyl (C=O) groups is 1. The van der Waals surface area contributed by atoms with Crippen molar-refractivity contribution in [2.45, 2.75) is 37.5 Å². The summed E-state index contributed by atoms with van der Waals surface area (Å²) in [7, 11) is 0. The quantitative estimate of drug-likeness (QED) is 0.720. The molecule has 1 aromatic carbocycles. The van der Waals surface area contributed by atoms with E-state index in [0.29, 0.717) is 32.8 Å². The Morgan fingerprint density at radius 2 is 2.17 bits per heavy atom. The molecule has 0 N–H and O–H groups in total. The highest BCUT2D eigenvalue weighted by molar-refractivity contribution is 5.77. The van der Waals surface area contributed by atoms with Crippen LogP contribution in [0.25, 0.3) is 0 Å². The number of hydrogen-bond donors (Lipinski definition) is 0. The van der Waals surface area contributed by atoms with Crippen LogP contribution in [0.5, 0.6) is 5.75 Å². The number of ether oxygens (including phenoxy) is 3. The molecule has 1 aromatic rings. The van der Waals surface area contributed by atoms with Crippen LogP contribution in [-0.2, 0) is 14.3 Å². The van der Waals surface area contributed by atoms with E-state index in [2.05, 4.69) is 6.58 Å². The van der Waals surface area contributed by atoms with Crippen LogP contribution in [-0.4, -0.2) is 55.4 Å². The number of morpholine rings is 1. The van der Waals surface area contributed by atoms with Crippen LogP contribution in [0.2, 0.25) is 0 Å². The molecule has 5 heteroatoms. The Balaban J connectivity index is 1.50. The Morgan fingerprint density at radius 1 is 1.33 bits per heavy atom. The molecule has 5 nitrogen and oxygen atoms in total. The number of rotatable bonds is 7. The largest absolute Gasteiger partial charge is 0.493 e. The van der Waals surface area contributed by atoms with Crippen molar-refractivity contribution in [1.82, 2.24) is 4.90 Å². The van der Waals surface area contributed by atoms with Crippen LogP contribution in [0.15, 0.2) is 43.0 Å². The van der Waals surface area contributed by atoms with Crippen molar-refractivity contribution < 1.29 is 19.0 Å². The van der Waals surface area contributed by atoms with Gasteiger partial charge in [-0.05, 0) is 25.0 Å². The minimum Gasteiger partial charge on any atom is -0.493 e. The molecule has 3 rings (SSSR count). The summed E-state index contributed by atoms with van der Waals surface area (Å²) in [4.78, 5) is 14.5. The Morgan fingerprint density at radius 3 is 2.96 bits per heavy atom. The third-order valence-electron chi connectivity index (χ3n) is 4.61. The smallest absolute Gasteiger partial charge is 0.226 e. The Labute approximate surface area is 143 Å². The number of nitrogens with zero attached hydrogens (tertiary/aromatic N) is 1. The van der Waals surface area contributed by atoms with E-state index >= 15 is 0 Å². The molecule has 3 atom stereocenters. The number of carbonyl (C=O) groups excluding carboxylic acids is 1. The summed E-state index contributed by atoms with van der Waals surface area (Å²) in [5.74, 6) is 0.928. The van der Waals surface area contributed by atoms with Gasteiger partial charge in [0, 0.05) is 6.54 Å². The molecule has 1 aliphatic carbocycles. The normalized spacial score (nSPS) is 26.0. The van der Waals surface area contributed by atoms with Gasteiger partial charge < -0.3 is 19.1 Å². The first-order valence-corrected chi connectivity index (χ1v) is 8.61. The molecule has 0 spiro atoms. The van der Waals surface area contributed by atoms with Crippen molar-refractivity contribution in [3.05, 3.63) is 43.0 Å². The number of benzene rings is 1. The number of fused-ring (bicyclic) bond motifs is 1. The molecule has 0 unspecified atom stereocenters. The summed E-state index contributed by atoms with van der Waals surface area (Å²) in [5, 5.41) is 0. The molecule has 130 valence electrons. The number of para-hydroxylation sites is 1. The Kier molecular flexibility index (Phi) is 5.88. The lowest BCUT2D eigenvalue weighted by molar-refractivity contribution is -0.151. The molecule has 1 saturated carbocycles. The van der Waals surface area contributed by atoms with Crippen LogP contribution in [0.4, 0.5) is 0 Å². The predicted octanol–water partition coefficient (Wildman–Crippen LogP) is 2.42. The van der Waals surface area contributed by atoms with Crippen LogP contribution >= 0.6 is 0 Å². The van der Waals surface area contributed by atoms with Gasteiger partial charge in [-0.15, -0.1) is 6.58 Å². The van der Waals surface area contributed by atoms with E-state index in [1.165, 1.54) is 0 Å². The van der Waals surface area contributed by atoms with Gasteiger partial charge in [-0.25, -0.2) is 0 Å². The molecule has 2 fully saturated rings. The summed E-state index contributed by atoms with van der Waals surface area (Å²) >= 11 is 0. The van der Waals surface area contributed by atoms with Crippen molar-refractivity contribution in [1.29, 1.82) is 0 Å². The van der Waals surface area contributed by atoms with Gasteiger partial charge in [-0.1, -0.05) is 24.3 Å². The first-order chi connectivity index (χ1) is 11.8. The monoisotopic (exact) mass is 331 g/mol. The van der Waals surface area contributed by atoms with Gasteiger partial charge in [0.25, 0.3) is 0 Å². The fourth-order valence-electron chi connectivity index (χ4n) is 3.51. The predicted molar refractivity (Wildman–Crippen MR) is 91.0 cm³/mol. The first-order valence-electron chi connectivity index (χ1n) is 8.61.